The molecule has 1 amide bonds. The van der Waals surface area contributed by atoms with Crippen molar-refractivity contribution < 1.29 is 14.3 Å². The number of thiazole rings is 1. The van der Waals surface area contributed by atoms with Crippen LogP contribution in [0, 0.1) is 0 Å². The van der Waals surface area contributed by atoms with E-state index in [4.69, 9.17) is 21.1 Å². The maximum Gasteiger partial charge on any atom is 0.283 e. The van der Waals surface area contributed by atoms with Crippen LogP contribution in [0.1, 0.15) is 35.0 Å². The van der Waals surface area contributed by atoms with Crippen LogP contribution in [0.3, 0.4) is 0 Å². The number of hydrogen-bond donors (Lipinski definition) is 0. The predicted molar refractivity (Wildman–Crippen MR) is 104 cm³/mol. The summed E-state index contributed by atoms with van der Waals surface area (Å²) in [5, 5.41) is 0.463. The predicted octanol–water partition coefficient (Wildman–Crippen LogP) is 4.16. The summed E-state index contributed by atoms with van der Waals surface area (Å²) in [5.74, 6) is 0.0612. The zero-order chi connectivity index (χ0) is 18.7. The lowest BCUT2D eigenvalue weighted by Gasteiger charge is -2.10. The fraction of sp³-hybridized carbons (Fsp3) is 0.368. The number of aromatic nitrogens is 1. The van der Waals surface area contributed by atoms with Crippen LogP contribution in [-0.4, -0.2) is 30.3 Å². The first-order chi connectivity index (χ1) is 12.5. The fourth-order valence-corrected chi connectivity index (χ4v) is 3.89. The van der Waals surface area contributed by atoms with Gasteiger partial charge >= 0.3 is 0 Å². The Morgan fingerprint density at radius 1 is 1.54 bits per heavy atom. The fourth-order valence-electron chi connectivity index (χ4n) is 2.80. The van der Waals surface area contributed by atoms with Crippen LogP contribution in [0.15, 0.2) is 36.0 Å². The minimum atomic E-state index is -0.388. The zero-order valence-electron chi connectivity index (χ0n) is 14.8. The summed E-state index contributed by atoms with van der Waals surface area (Å²) in [6, 6.07) is 4.92. The number of nitrogens with zero attached hydrogens (tertiary/aromatic N) is 2. The standard InChI is InChI=1S/C19H21ClN2O3S/c1-12(2)17-11-22(10-14-5-4-8-25-14)19(26-17)21-18(23)15-9-13(20)6-7-16(15)24-3/h6-7,9,11,14H,1,4-5,8,10H2,2-3H3/b21-19-/t14-/m1/s1. The third-order valence-electron chi connectivity index (χ3n) is 4.15. The highest BCUT2D eigenvalue weighted by Gasteiger charge is 2.18. The molecule has 2 heterocycles. The third-order valence-corrected chi connectivity index (χ3v) is 5.57. The summed E-state index contributed by atoms with van der Waals surface area (Å²) in [4.78, 5) is 18.7. The normalized spacial score (nSPS) is 17.5. The molecule has 7 heteroatoms. The number of hydrogen-bond acceptors (Lipinski definition) is 4. The van der Waals surface area contributed by atoms with Crippen molar-refractivity contribution in [3.63, 3.8) is 0 Å². The van der Waals surface area contributed by atoms with E-state index in [9.17, 15) is 4.79 Å². The lowest BCUT2D eigenvalue weighted by molar-refractivity contribution is 0.0949. The summed E-state index contributed by atoms with van der Waals surface area (Å²) in [7, 11) is 1.52. The molecule has 1 fully saturated rings. The van der Waals surface area contributed by atoms with Crippen LogP contribution in [0.4, 0.5) is 0 Å². The van der Waals surface area contributed by atoms with Gasteiger partial charge in [0.2, 0.25) is 0 Å². The molecule has 1 aromatic carbocycles. The summed E-state index contributed by atoms with van der Waals surface area (Å²) in [6.07, 6.45) is 4.21. The first-order valence-corrected chi connectivity index (χ1v) is 9.57. The van der Waals surface area contributed by atoms with Crippen molar-refractivity contribution in [3.8, 4) is 5.75 Å². The molecule has 1 aliphatic heterocycles. The van der Waals surface area contributed by atoms with E-state index in [1.165, 1.54) is 18.4 Å². The van der Waals surface area contributed by atoms with Gasteiger partial charge in [-0.3, -0.25) is 4.79 Å². The minimum absolute atomic E-state index is 0.150. The highest BCUT2D eigenvalue weighted by Crippen LogP contribution is 2.24. The Bertz CT molecular complexity index is 894. The average Bonchev–Trinajstić information content (AvgIpc) is 3.25. The minimum Gasteiger partial charge on any atom is -0.496 e. The topological polar surface area (TPSA) is 52.8 Å². The average molecular weight is 393 g/mol. The third kappa shape index (κ3) is 4.26. The molecule has 0 bridgehead atoms. The number of carbonyl (C=O) groups is 1. The van der Waals surface area contributed by atoms with E-state index in [-0.39, 0.29) is 12.0 Å². The van der Waals surface area contributed by atoms with Crippen LogP contribution in [-0.2, 0) is 11.3 Å². The number of methoxy groups -OCH3 is 1. The molecule has 0 unspecified atom stereocenters. The Balaban J connectivity index is 1.99. The van der Waals surface area contributed by atoms with Gasteiger partial charge in [-0.25, -0.2) is 0 Å². The van der Waals surface area contributed by atoms with E-state index in [0.717, 1.165) is 29.9 Å². The molecular weight excluding hydrogens is 372 g/mol. The second-order valence-electron chi connectivity index (χ2n) is 6.21. The lowest BCUT2D eigenvalue weighted by atomic mass is 10.2. The molecule has 1 aromatic heterocycles. The Hall–Kier alpha value is -1.89. The van der Waals surface area contributed by atoms with Crippen LogP contribution >= 0.6 is 22.9 Å². The molecule has 2 aromatic rings. The van der Waals surface area contributed by atoms with E-state index in [1.807, 2.05) is 17.7 Å². The highest BCUT2D eigenvalue weighted by atomic mass is 35.5. The van der Waals surface area contributed by atoms with Crippen LogP contribution in [0.5, 0.6) is 5.75 Å². The molecule has 1 saturated heterocycles. The van der Waals surface area contributed by atoms with Gasteiger partial charge in [0.15, 0.2) is 4.80 Å². The molecule has 0 N–H and O–H groups in total. The van der Waals surface area contributed by atoms with Gasteiger partial charge in [0.05, 0.1) is 25.3 Å². The van der Waals surface area contributed by atoms with E-state index >= 15 is 0 Å². The van der Waals surface area contributed by atoms with Crippen molar-refractivity contribution in [2.45, 2.75) is 32.4 Å². The van der Waals surface area contributed by atoms with E-state index in [0.29, 0.717) is 27.7 Å². The van der Waals surface area contributed by atoms with Crippen molar-refractivity contribution in [1.82, 2.24) is 4.57 Å². The summed E-state index contributed by atoms with van der Waals surface area (Å²) in [6.45, 7) is 7.38. The van der Waals surface area contributed by atoms with Gasteiger partial charge in [-0.1, -0.05) is 29.5 Å². The van der Waals surface area contributed by atoms with Gasteiger partial charge in [0, 0.05) is 22.7 Å². The van der Waals surface area contributed by atoms with Gasteiger partial charge in [-0.15, -0.1) is 0 Å². The number of ether oxygens (including phenoxy) is 2. The molecule has 1 aliphatic rings. The smallest absolute Gasteiger partial charge is 0.283 e. The van der Waals surface area contributed by atoms with Gasteiger partial charge in [-0.05, 0) is 43.5 Å². The SMILES string of the molecule is C=C(C)c1cn(C[C@H]2CCCO2)/c(=N/C(=O)c2cc(Cl)ccc2OC)s1. The lowest BCUT2D eigenvalue weighted by Crippen LogP contribution is -2.23. The Kier molecular flexibility index (Phi) is 5.96. The van der Waals surface area contributed by atoms with Gasteiger partial charge in [-0.2, -0.15) is 4.99 Å². The van der Waals surface area contributed by atoms with Gasteiger partial charge in [0.25, 0.3) is 5.91 Å². The molecule has 1 atom stereocenters. The van der Waals surface area contributed by atoms with Crippen molar-refractivity contribution in [1.29, 1.82) is 0 Å². The van der Waals surface area contributed by atoms with Crippen LogP contribution < -0.4 is 9.54 Å². The number of amides is 1. The molecule has 3 rings (SSSR count). The van der Waals surface area contributed by atoms with Crippen molar-refractivity contribution in [2.24, 2.45) is 4.99 Å². The monoisotopic (exact) mass is 392 g/mol. The van der Waals surface area contributed by atoms with E-state index < -0.39 is 0 Å². The molecule has 0 radical (unpaired) electrons. The highest BCUT2D eigenvalue weighted by molar-refractivity contribution is 7.10. The molecular formula is C19H21ClN2O3S. The second kappa shape index (κ2) is 8.20. The van der Waals surface area contributed by atoms with Crippen LogP contribution in [0.25, 0.3) is 5.57 Å². The number of carbonyl (C=O) groups excluding carboxylic acids is 1. The van der Waals surface area contributed by atoms with E-state index in [1.54, 1.807) is 18.2 Å². The maximum atomic E-state index is 12.7. The molecule has 26 heavy (non-hydrogen) atoms. The van der Waals surface area contributed by atoms with Gasteiger partial charge in [0.1, 0.15) is 5.75 Å². The Morgan fingerprint density at radius 2 is 2.35 bits per heavy atom. The zero-order valence-corrected chi connectivity index (χ0v) is 16.4. The summed E-state index contributed by atoms with van der Waals surface area (Å²) in [5.41, 5.74) is 1.28. The molecule has 0 saturated carbocycles. The summed E-state index contributed by atoms with van der Waals surface area (Å²) < 4.78 is 13.0. The van der Waals surface area contributed by atoms with Crippen molar-refractivity contribution in [3.05, 3.63) is 51.2 Å². The van der Waals surface area contributed by atoms with E-state index in [2.05, 4.69) is 11.6 Å². The number of rotatable bonds is 5. The quantitative estimate of drug-likeness (QED) is 0.767. The summed E-state index contributed by atoms with van der Waals surface area (Å²) >= 11 is 7.47. The Labute approximate surface area is 161 Å². The Morgan fingerprint density at radius 3 is 3.00 bits per heavy atom. The van der Waals surface area contributed by atoms with Crippen LogP contribution in [0.2, 0.25) is 5.02 Å². The maximum absolute atomic E-state index is 12.7. The van der Waals surface area contributed by atoms with Gasteiger partial charge < -0.3 is 14.0 Å². The first kappa shape index (κ1) is 18.9. The molecule has 0 aliphatic carbocycles. The largest absolute Gasteiger partial charge is 0.496 e. The number of benzene rings is 1. The first-order valence-electron chi connectivity index (χ1n) is 8.38. The van der Waals surface area contributed by atoms with Crippen molar-refractivity contribution >= 4 is 34.4 Å². The molecule has 138 valence electrons. The molecule has 5 nitrogen and oxygen atoms in total. The number of allylic oxidation sites excluding steroid dienone is 1. The van der Waals surface area contributed by atoms with Crippen molar-refractivity contribution in [2.75, 3.05) is 13.7 Å². The number of halogens is 1. The molecule has 0 spiro atoms. The second-order valence-corrected chi connectivity index (χ2v) is 7.65.